The summed E-state index contributed by atoms with van der Waals surface area (Å²) < 4.78 is 3.40. The lowest BCUT2D eigenvalue weighted by molar-refractivity contribution is 0.590. The van der Waals surface area contributed by atoms with Gasteiger partial charge < -0.3 is 4.90 Å². The summed E-state index contributed by atoms with van der Waals surface area (Å²) in [5.41, 5.74) is 3.61. The summed E-state index contributed by atoms with van der Waals surface area (Å²) in [6.45, 7) is 7.40. The first-order valence-corrected chi connectivity index (χ1v) is 11.1. The Morgan fingerprint density at radius 1 is 0.964 bits per heavy atom. The fraction of sp³-hybridized carbons (Fsp3) is 0.286. The van der Waals surface area contributed by atoms with Crippen molar-refractivity contribution >= 4 is 38.4 Å². The first kappa shape index (κ1) is 17.7. The van der Waals surface area contributed by atoms with Crippen LogP contribution in [0, 0.1) is 0 Å². The fourth-order valence-electron chi connectivity index (χ4n) is 3.31. The van der Waals surface area contributed by atoms with Crippen molar-refractivity contribution in [1.29, 1.82) is 0 Å². The Hall–Kier alpha value is -2.38. The lowest BCUT2D eigenvalue weighted by Crippen LogP contribution is -2.30. The van der Waals surface area contributed by atoms with Gasteiger partial charge in [0.15, 0.2) is 16.1 Å². The predicted molar refractivity (Wildman–Crippen MR) is 117 cm³/mol. The molecule has 0 spiro atoms. The minimum atomic E-state index is 0.141. The quantitative estimate of drug-likeness (QED) is 0.446. The highest BCUT2D eigenvalue weighted by Gasteiger charge is 2.24. The summed E-state index contributed by atoms with van der Waals surface area (Å²) in [6, 6.07) is 17.0. The molecule has 0 saturated carbocycles. The summed E-state index contributed by atoms with van der Waals surface area (Å²) in [7, 11) is 0. The highest BCUT2D eigenvalue weighted by atomic mass is 32.2. The van der Waals surface area contributed by atoms with Crippen molar-refractivity contribution in [2.45, 2.75) is 38.0 Å². The molecular formula is C21H21N5S2. The van der Waals surface area contributed by atoms with Crippen molar-refractivity contribution in [1.82, 2.24) is 19.7 Å². The Balaban J connectivity index is 1.47. The predicted octanol–water partition coefficient (Wildman–Crippen LogP) is 5.38. The maximum absolute atomic E-state index is 4.81. The molecule has 0 fully saturated rings. The van der Waals surface area contributed by atoms with E-state index in [1.54, 1.807) is 23.1 Å². The standard InChI is InChI=1S/C21H21N5S2/c1-21(2,3)15-10-8-14(9-11-15)18-23-24-20-26(18)12-25(13-27-20)19-22-16-6-4-5-7-17(16)28-19/h4-11H,12-13H2,1-3H3. The SMILES string of the molecule is CC(C)(C)c1ccc(-c2nnc3n2CN(c2nc4ccccc4s2)CS3)cc1. The summed E-state index contributed by atoms with van der Waals surface area (Å²) in [4.78, 5) is 7.10. The fourth-order valence-corrected chi connectivity index (χ4v) is 5.23. The molecule has 2 aromatic carbocycles. The highest BCUT2D eigenvalue weighted by Crippen LogP contribution is 2.35. The van der Waals surface area contributed by atoms with Gasteiger partial charge in [0.05, 0.1) is 16.1 Å². The molecule has 1 aliphatic rings. The molecule has 5 nitrogen and oxygen atoms in total. The molecule has 0 aliphatic carbocycles. The zero-order valence-corrected chi connectivity index (χ0v) is 17.7. The number of benzene rings is 2. The van der Waals surface area contributed by atoms with Crippen LogP contribution in [0.4, 0.5) is 5.13 Å². The second-order valence-electron chi connectivity index (χ2n) is 7.98. The average Bonchev–Trinajstić information content (AvgIpc) is 3.31. The van der Waals surface area contributed by atoms with Gasteiger partial charge in [-0.05, 0) is 23.1 Å². The van der Waals surface area contributed by atoms with Gasteiger partial charge in [0.1, 0.15) is 6.67 Å². The molecule has 0 bridgehead atoms. The van der Waals surface area contributed by atoms with Gasteiger partial charge >= 0.3 is 0 Å². The van der Waals surface area contributed by atoms with Crippen molar-refractivity contribution in [3.05, 3.63) is 54.1 Å². The van der Waals surface area contributed by atoms with Crippen molar-refractivity contribution < 1.29 is 0 Å². The van der Waals surface area contributed by atoms with Gasteiger partial charge in [0.2, 0.25) is 0 Å². The minimum absolute atomic E-state index is 0.141. The molecule has 1 aliphatic heterocycles. The summed E-state index contributed by atoms with van der Waals surface area (Å²) >= 11 is 3.44. The third-order valence-electron chi connectivity index (χ3n) is 4.94. The van der Waals surface area contributed by atoms with Crippen LogP contribution in [0.2, 0.25) is 0 Å². The maximum Gasteiger partial charge on any atom is 0.194 e. The van der Waals surface area contributed by atoms with E-state index in [9.17, 15) is 0 Å². The smallest absolute Gasteiger partial charge is 0.194 e. The molecule has 0 radical (unpaired) electrons. The number of nitrogens with zero attached hydrogens (tertiary/aromatic N) is 5. The zero-order valence-electron chi connectivity index (χ0n) is 16.1. The molecule has 142 valence electrons. The molecule has 5 rings (SSSR count). The molecule has 0 atom stereocenters. The van der Waals surface area contributed by atoms with E-state index in [-0.39, 0.29) is 5.41 Å². The lowest BCUT2D eigenvalue weighted by atomic mass is 9.87. The Bertz CT molecular complexity index is 1100. The topological polar surface area (TPSA) is 46.8 Å². The lowest BCUT2D eigenvalue weighted by Gasteiger charge is -2.27. The van der Waals surface area contributed by atoms with Crippen molar-refractivity contribution in [3.8, 4) is 11.4 Å². The molecule has 0 amide bonds. The summed E-state index contributed by atoms with van der Waals surface area (Å²) in [5, 5.41) is 10.9. The van der Waals surface area contributed by atoms with Gasteiger partial charge in [0, 0.05) is 5.56 Å². The van der Waals surface area contributed by atoms with Crippen LogP contribution in [0.1, 0.15) is 26.3 Å². The van der Waals surface area contributed by atoms with Crippen LogP contribution < -0.4 is 4.90 Å². The number of aromatic nitrogens is 4. The molecule has 0 saturated heterocycles. The van der Waals surface area contributed by atoms with Gasteiger partial charge in [-0.1, -0.05) is 80.3 Å². The molecule has 3 heterocycles. The molecule has 4 aromatic rings. The van der Waals surface area contributed by atoms with Crippen LogP contribution in [0.25, 0.3) is 21.6 Å². The van der Waals surface area contributed by atoms with Crippen LogP contribution in [-0.4, -0.2) is 25.6 Å². The minimum Gasteiger partial charge on any atom is -0.320 e. The van der Waals surface area contributed by atoms with E-state index in [1.165, 1.54) is 10.3 Å². The molecule has 28 heavy (non-hydrogen) atoms. The number of thioether (sulfide) groups is 1. The Morgan fingerprint density at radius 2 is 1.75 bits per heavy atom. The van der Waals surface area contributed by atoms with E-state index in [2.05, 4.69) is 82.9 Å². The highest BCUT2D eigenvalue weighted by molar-refractivity contribution is 7.99. The third kappa shape index (κ3) is 3.08. The Labute approximate surface area is 172 Å². The number of hydrogen-bond donors (Lipinski definition) is 0. The second kappa shape index (κ2) is 6.60. The normalized spacial score (nSPS) is 14.5. The maximum atomic E-state index is 4.81. The summed E-state index contributed by atoms with van der Waals surface area (Å²) in [6.07, 6.45) is 0. The Morgan fingerprint density at radius 3 is 2.50 bits per heavy atom. The van der Waals surface area contributed by atoms with Crippen molar-refractivity contribution in [2.75, 3.05) is 10.8 Å². The first-order valence-electron chi connectivity index (χ1n) is 9.26. The van der Waals surface area contributed by atoms with Crippen molar-refractivity contribution in [2.24, 2.45) is 0 Å². The number of fused-ring (bicyclic) bond motifs is 2. The largest absolute Gasteiger partial charge is 0.320 e. The molecular weight excluding hydrogens is 386 g/mol. The van der Waals surface area contributed by atoms with E-state index in [1.807, 2.05) is 6.07 Å². The number of para-hydroxylation sites is 1. The van der Waals surface area contributed by atoms with Gasteiger partial charge in [0.25, 0.3) is 0 Å². The number of hydrogen-bond acceptors (Lipinski definition) is 6. The molecule has 7 heteroatoms. The second-order valence-corrected chi connectivity index (χ2v) is 9.90. The van der Waals surface area contributed by atoms with Gasteiger partial charge in [-0.15, -0.1) is 10.2 Å². The first-order chi connectivity index (χ1) is 13.5. The summed E-state index contributed by atoms with van der Waals surface area (Å²) in [5.74, 6) is 1.75. The molecule has 0 unspecified atom stereocenters. The van der Waals surface area contributed by atoms with Crippen molar-refractivity contribution in [3.63, 3.8) is 0 Å². The number of anilines is 1. The van der Waals surface area contributed by atoms with E-state index in [0.717, 1.165) is 33.1 Å². The van der Waals surface area contributed by atoms with Crippen LogP contribution in [0.3, 0.4) is 0 Å². The van der Waals surface area contributed by atoms with Crippen LogP contribution >= 0.6 is 23.1 Å². The third-order valence-corrected chi connectivity index (χ3v) is 7.04. The van der Waals surface area contributed by atoms with Gasteiger partial charge in [-0.25, -0.2) is 4.98 Å². The molecule has 2 aromatic heterocycles. The molecule has 0 N–H and O–H groups in total. The average molecular weight is 408 g/mol. The van der Waals surface area contributed by atoms with E-state index in [4.69, 9.17) is 4.98 Å². The van der Waals surface area contributed by atoms with E-state index >= 15 is 0 Å². The number of thiazole rings is 1. The van der Waals surface area contributed by atoms with Gasteiger partial charge in [-0.3, -0.25) is 4.57 Å². The van der Waals surface area contributed by atoms with Crippen LogP contribution in [0.15, 0.2) is 53.7 Å². The number of rotatable bonds is 2. The Kier molecular flexibility index (Phi) is 4.17. The van der Waals surface area contributed by atoms with Crippen LogP contribution in [0.5, 0.6) is 0 Å². The van der Waals surface area contributed by atoms with Crippen LogP contribution in [-0.2, 0) is 12.1 Å². The van der Waals surface area contributed by atoms with Gasteiger partial charge in [-0.2, -0.15) is 0 Å². The van der Waals surface area contributed by atoms with E-state index < -0.39 is 0 Å². The zero-order chi connectivity index (χ0) is 19.3. The van der Waals surface area contributed by atoms with E-state index in [0.29, 0.717) is 6.67 Å². The monoisotopic (exact) mass is 407 g/mol.